The van der Waals surface area contributed by atoms with E-state index in [0.29, 0.717) is 5.92 Å². The van der Waals surface area contributed by atoms with E-state index in [4.69, 9.17) is 4.42 Å². The fourth-order valence-corrected chi connectivity index (χ4v) is 1.44. The van der Waals surface area contributed by atoms with Gasteiger partial charge in [-0.25, -0.2) is 0 Å². The van der Waals surface area contributed by atoms with Gasteiger partial charge in [0.25, 0.3) is 0 Å². The van der Waals surface area contributed by atoms with Gasteiger partial charge in [-0.2, -0.15) is 0 Å². The summed E-state index contributed by atoms with van der Waals surface area (Å²) in [5, 5.41) is 11.2. The van der Waals surface area contributed by atoms with Crippen LogP contribution in [-0.4, -0.2) is 23.3 Å². The molecule has 1 fully saturated rings. The second-order valence-corrected chi connectivity index (χ2v) is 3.08. The van der Waals surface area contributed by atoms with E-state index >= 15 is 0 Å². The SMILES string of the molecule is CCc1nnc([C@@H]2CCNC2)o1. The Morgan fingerprint density at radius 3 is 3.08 bits per heavy atom. The van der Waals surface area contributed by atoms with Crippen LogP contribution in [0.1, 0.15) is 31.0 Å². The Hall–Kier alpha value is -0.900. The van der Waals surface area contributed by atoms with Crippen LogP contribution in [-0.2, 0) is 6.42 Å². The molecule has 0 bridgehead atoms. The number of hydrogen-bond donors (Lipinski definition) is 1. The minimum absolute atomic E-state index is 0.442. The van der Waals surface area contributed by atoms with Gasteiger partial charge in [0.05, 0.1) is 5.92 Å². The summed E-state index contributed by atoms with van der Waals surface area (Å²) in [6.45, 7) is 4.06. The van der Waals surface area contributed by atoms with Gasteiger partial charge in [0, 0.05) is 13.0 Å². The first-order valence-corrected chi connectivity index (χ1v) is 4.43. The Bertz CT molecular complexity index is 253. The summed E-state index contributed by atoms with van der Waals surface area (Å²) >= 11 is 0. The van der Waals surface area contributed by atoms with Gasteiger partial charge in [-0.15, -0.1) is 10.2 Å². The van der Waals surface area contributed by atoms with E-state index in [0.717, 1.165) is 37.7 Å². The lowest BCUT2D eigenvalue weighted by Gasteiger charge is -1.98. The average Bonchev–Trinajstić information content (AvgIpc) is 2.75. The van der Waals surface area contributed by atoms with E-state index in [1.807, 2.05) is 6.92 Å². The molecule has 1 N–H and O–H groups in total. The van der Waals surface area contributed by atoms with Crippen molar-refractivity contribution in [2.24, 2.45) is 0 Å². The maximum absolute atomic E-state index is 5.45. The molecule has 1 atom stereocenters. The van der Waals surface area contributed by atoms with Crippen LogP contribution in [0.3, 0.4) is 0 Å². The lowest BCUT2D eigenvalue weighted by atomic mass is 10.1. The molecule has 0 radical (unpaired) electrons. The van der Waals surface area contributed by atoms with Crippen molar-refractivity contribution >= 4 is 0 Å². The minimum atomic E-state index is 0.442. The smallest absolute Gasteiger partial charge is 0.220 e. The maximum atomic E-state index is 5.45. The van der Waals surface area contributed by atoms with E-state index < -0.39 is 0 Å². The van der Waals surface area contributed by atoms with Crippen molar-refractivity contribution in [1.82, 2.24) is 15.5 Å². The number of rotatable bonds is 2. The highest BCUT2D eigenvalue weighted by molar-refractivity contribution is 4.95. The lowest BCUT2D eigenvalue weighted by molar-refractivity contribution is 0.426. The monoisotopic (exact) mass is 167 g/mol. The molecule has 1 aliphatic rings. The second-order valence-electron chi connectivity index (χ2n) is 3.08. The van der Waals surface area contributed by atoms with Crippen LogP contribution in [0.4, 0.5) is 0 Å². The van der Waals surface area contributed by atoms with Gasteiger partial charge in [0.1, 0.15) is 0 Å². The molecule has 0 spiro atoms. The third-order valence-electron chi connectivity index (χ3n) is 2.19. The molecule has 66 valence electrons. The minimum Gasteiger partial charge on any atom is -0.425 e. The van der Waals surface area contributed by atoms with Gasteiger partial charge in [0.15, 0.2) is 0 Å². The van der Waals surface area contributed by atoms with Crippen LogP contribution in [0, 0.1) is 0 Å². The number of aromatic nitrogens is 2. The Morgan fingerprint density at radius 1 is 1.58 bits per heavy atom. The zero-order valence-electron chi connectivity index (χ0n) is 7.21. The number of nitrogens with zero attached hydrogens (tertiary/aromatic N) is 2. The van der Waals surface area contributed by atoms with E-state index in [9.17, 15) is 0 Å². The highest BCUT2D eigenvalue weighted by atomic mass is 16.4. The summed E-state index contributed by atoms with van der Waals surface area (Å²) in [5.41, 5.74) is 0. The molecule has 4 heteroatoms. The van der Waals surface area contributed by atoms with Crippen molar-refractivity contribution < 1.29 is 4.42 Å². The van der Waals surface area contributed by atoms with Gasteiger partial charge < -0.3 is 9.73 Å². The normalized spacial score (nSPS) is 23.2. The van der Waals surface area contributed by atoms with Crippen molar-refractivity contribution in [3.8, 4) is 0 Å². The first kappa shape index (κ1) is 7.73. The number of nitrogens with one attached hydrogen (secondary N) is 1. The first-order chi connectivity index (χ1) is 5.90. The van der Waals surface area contributed by atoms with Crippen LogP contribution < -0.4 is 5.32 Å². The summed E-state index contributed by atoms with van der Waals surface area (Å²) in [5.74, 6) is 1.99. The zero-order valence-corrected chi connectivity index (χ0v) is 7.21. The van der Waals surface area contributed by atoms with Crippen molar-refractivity contribution in [2.45, 2.75) is 25.7 Å². The molecule has 2 heterocycles. The second kappa shape index (κ2) is 3.23. The van der Waals surface area contributed by atoms with Gasteiger partial charge in [0.2, 0.25) is 11.8 Å². The quantitative estimate of drug-likeness (QED) is 0.704. The number of aryl methyl sites for hydroxylation is 1. The maximum Gasteiger partial charge on any atom is 0.220 e. The predicted molar refractivity (Wildman–Crippen MR) is 43.9 cm³/mol. The molecular weight excluding hydrogens is 154 g/mol. The molecule has 1 aromatic heterocycles. The van der Waals surface area contributed by atoms with Crippen molar-refractivity contribution in [1.29, 1.82) is 0 Å². The van der Waals surface area contributed by atoms with Crippen LogP contribution in [0.15, 0.2) is 4.42 Å². The fraction of sp³-hybridized carbons (Fsp3) is 0.750. The standard InChI is InChI=1S/C8H13N3O/c1-2-7-10-11-8(12-7)6-3-4-9-5-6/h6,9H,2-5H2,1H3/t6-/m1/s1. The third kappa shape index (κ3) is 1.34. The summed E-state index contributed by atoms with van der Waals surface area (Å²) in [7, 11) is 0. The topological polar surface area (TPSA) is 51.0 Å². The van der Waals surface area contributed by atoms with Gasteiger partial charge >= 0.3 is 0 Å². The van der Waals surface area contributed by atoms with E-state index in [-0.39, 0.29) is 0 Å². The molecule has 0 amide bonds. The fourth-order valence-electron chi connectivity index (χ4n) is 1.44. The van der Waals surface area contributed by atoms with Crippen LogP contribution in [0.2, 0.25) is 0 Å². The molecule has 1 saturated heterocycles. The highest BCUT2D eigenvalue weighted by Crippen LogP contribution is 2.20. The van der Waals surface area contributed by atoms with E-state index in [1.54, 1.807) is 0 Å². The summed E-state index contributed by atoms with van der Waals surface area (Å²) < 4.78 is 5.45. The van der Waals surface area contributed by atoms with Crippen LogP contribution in [0.5, 0.6) is 0 Å². The van der Waals surface area contributed by atoms with E-state index in [2.05, 4.69) is 15.5 Å². The lowest BCUT2D eigenvalue weighted by Crippen LogP contribution is -2.08. The molecular formula is C8H13N3O. The largest absolute Gasteiger partial charge is 0.425 e. The zero-order chi connectivity index (χ0) is 8.39. The van der Waals surface area contributed by atoms with Crippen molar-refractivity contribution in [2.75, 3.05) is 13.1 Å². The highest BCUT2D eigenvalue weighted by Gasteiger charge is 2.21. The summed E-state index contributed by atoms with van der Waals surface area (Å²) in [6, 6.07) is 0. The predicted octanol–water partition coefficient (Wildman–Crippen LogP) is 0.709. The molecule has 0 saturated carbocycles. The van der Waals surface area contributed by atoms with Crippen molar-refractivity contribution in [3.63, 3.8) is 0 Å². The number of hydrogen-bond acceptors (Lipinski definition) is 4. The van der Waals surface area contributed by atoms with Gasteiger partial charge in [-0.3, -0.25) is 0 Å². The van der Waals surface area contributed by atoms with Crippen LogP contribution in [0.25, 0.3) is 0 Å². The molecule has 1 aromatic rings. The van der Waals surface area contributed by atoms with Crippen molar-refractivity contribution in [3.05, 3.63) is 11.8 Å². The Kier molecular flexibility index (Phi) is 2.08. The summed E-state index contributed by atoms with van der Waals surface area (Å²) in [6.07, 6.45) is 1.94. The molecule has 0 aliphatic carbocycles. The molecule has 12 heavy (non-hydrogen) atoms. The Labute approximate surface area is 71.4 Å². The average molecular weight is 167 g/mol. The molecule has 1 aliphatic heterocycles. The molecule has 4 nitrogen and oxygen atoms in total. The van der Waals surface area contributed by atoms with Gasteiger partial charge in [-0.1, -0.05) is 6.92 Å². The Balaban J connectivity index is 2.11. The molecule has 0 aromatic carbocycles. The van der Waals surface area contributed by atoms with Crippen LogP contribution >= 0.6 is 0 Å². The molecule has 2 rings (SSSR count). The third-order valence-corrected chi connectivity index (χ3v) is 2.19. The van der Waals surface area contributed by atoms with Gasteiger partial charge in [-0.05, 0) is 13.0 Å². The van der Waals surface area contributed by atoms with E-state index in [1.165, 1.54) is 0 Å². The first-order valence-electron chi connectivity index (χ1n) is 4.43. The molecule has 0 unspecified atom stereocenters. The summed E-state index contributed by atoms with van der Waals surface area (Å²) in [4.78, 5) is 0. The Morgan fingerprint density at radius 2 is 2.50 bits per heavy atom.